The minimum absolute atomic E-state index is 0.000114. The number of rotatable bonds is 15. The molecule has 53 heavy (non-hydrogen) atoms. The Labute approximate surface area is 304 Å². The number of unbranched alkanes of at least 4 members (excludes halogenated alkanes) is 1. The van der Waals surface area contributed by atoms with Crippen LogP contribution in [0.2, 0.25) is 0 Å². The fraction of sp³-hybridized carbons (Fsp3) is 0.389. The molecule has 15 nitrogen and oxygen atoms in total. The Morgan fingerprint density at radius 2 is 1.74 bits per heavy atom. The highest BCUT2D eigenvalue weighted by molar-refractivity contribution is 5.96. The predicted molar refractivity (Wildman–Crippen MR) is 192 cm³/mol. The number of halogens is 2. The summed E-state index contributed by atoms with van der Waals surface area (Å²) in [4.78, 5) is 62.6. The van der Waals surface area contributed by atoms with Crippen LogP contribution in [0.25, 0.3) is 16.9 Å². The summed E-state index contributed by atoms with van der Waals surface area (Å²) in [5.41, 5.74) is 13.8. The molecule has 0 aliphatic carbocycles. The van der Waals surface area contributed by atoms with Crippen molar-refractivity contribution in [3.05, 3.63) is 71.7 Å². The zero-order valence-corrected chi connectivity index (χ0v) is 29.5. The van der Waals surface area contributed by atoms with Crippen LogP contribution in [0.5, 0.6) is 5.75 Å². The largest absolute Gasteiger partial charge is 0.494 e. The number of aromatic nitrogens is 3. The average Bonchev–Trinajstić information content (AvgIpc) is 3.59. The Bertz CT molecular complexity index is 1980. The third kappa shape index (κ3) is 8.86. The summed E-state index contributed by atoms with van der Waals surface area (Å²) in [5.74, 6) is -4.34. The molecule has 17 heteroatoms. The van der Waals surface area contributed by atoms with Crippen LogP contribution in [0.15, 0.2) is 48.9 Å². The lowest BCUT2D eigenvalue weighted by Gasteiger charge is -2.35. The number of fused-ring (bicyclic) bond motifs is 1. The van der Waals surface area contributed by atoms with E-state index < -0.39 is 35.6 Å². The number of amides is 3. The molecule has 282 valence electrons. The molecule has 1 aliphatic heterocycles. The van der Waals surface area contributed by atoms with E-state index in [1.807, 2.05) is 0 Å². The predicted octanol–water partition coefficient (Wildman–Crippen LogP) is 2.83. The van der Waals surface area contributed by atoms with Gasteiger partial charge in [0, 0.05) is 61.8 Å². The molecule has 1 saturated heterocycles. The van der Waals surface area contributed by atoms with Gasteiger partial charge in [-0.1, -0.05) is 6.42 Å². The molecular weight excluding hydrogens is 692 g/mol. The number of carboxylic acids is 1. The van der Waals surface area contributed by atoms with Gasteiger partial charge in [0.25, 0.3) is 5.91 Å². The first-order chi connectivity index (χ1) is 25.4. The molecule has 2 atom stereocenters. The van der Waals surface area contributed by atoms with Crippen LogP contribution in [0, 0.1) is 18.6 Å². The molecule has 3 heterocycles. The molecule has 0 radical (unpaired) electrons. The second-order valence-corrected chi connectivity index (χ2v) is 12.7. The van der Waals surface area contributed by atoms with E-state index in [1.165, 1.54) is 31.6 Å². The Hall–Kier alpha value is -5.68. The lowest BCUT2D eigenvalue weighted by Crippen LogP contribution is -2.51. The van der Waals surface area contributed by atoms with E-state index in [0.29, 0.717) is 59.8 Å². The van der Waals surface area contributed by atoms with Gasteiger partial charge in [0.15, 0.2) is 23.0 Å². The number of imidazole rings is 1. The quantitative estimate of drug-likeness (QED) is 0.112. The van der Waals surface area contributed by atoms with Gasteiger partial charge < -0.3 is 41.7 Å². The second kappa shape index (κ2) is 17.2. The first-order valence-corrected chi connectivity index (χ1v) is 17.2. The number of carbonyl (C=O) groups excluding carboxylic acids is 3. The van der Waals surface area contributed by atoms with Crippen molar-refractivity contribution < 1.29 is 37.8 Å². The van der Waals surface area contributed by atoms with Crippen molar-refractivity contribution in [2.45, 2.75) is 51.1 Å². The molecule has 3 amide bonds. The van der Waals surface area contributed by atoms with Crippen LogP contribution in [0.1, 0.15) is 48.0 Å². The second-order valence-electron chi connectivity index (χ2n) is 12.7. The highest BCUT2D eigenvalue weighted by Gasteiger charge is 2.28. The van der Waals surface area contributed by atoms with E-state index in [2.05, 4.69) is 20.6 Å². The number of nitrogens with zero attached hydrogens (tertiary/aromatic N) is 5. The molecule has 5 rings (SSSR count). The number of hydrogen-bond donors (Lipinski definition) is 5. The Kier molecular flexibility index (Phi) is 12.5. The number of nitrogens with two attached hydrogens (primary N) is 2. The standard InChI is InChI=1S/C36H43F2N9O6/c1-21-19-22(43-32-33-42-20-27(47(33)14-13-41-32)24-8-10-28(53-2)31(38)30(24)37)6-7-23(21)35(50)46-17-15-45(16-18-46)29(48)11-9-26(36(51)52)44-34(49)25(40)5-3-4-12-39/h6-8,10,13-14,19-20,25-26H,3-5,9,11-12,15-18,39-40H2,1-2H3,(H,41,43)(H,44,49)(H,51,52). The summed E-state index contributed by atoms with van der Waals surface area (Å²) >= 11 is 0. The van der Waals surface area contributed by atoms with E-state index >= 15 is 0 Å². The topological polar surface area (TPSA) is 211 Å². The van der Waals surface area contributed by atoms with E-state index in [0.717, 1.165) is 0 Å². The van der Waals surface area contributed by atoms with Crippen LogP contribution < -0.4 is 26.8 Å². The van der Waals surface area contributed by atoms with Gasteiger partial charge in [0.05, 0.1) is 25.0 Å². The number of carbonyl (C=O) groups is 4. The number of carboxylic acid groups (broad SMARTS) is 1. The summed E-state index contributed by atoms with van der Waals surface area (Å²) in [7, 11) is 1.26. The van der Waals surface area contributed by atoms with Crippen molar-refractivity contribution in [1.29, 1.82) is 0 Å². The van der Waals surface area contributed by atoms with E-state index in [1.54, 1.807) is 45.5 Å². The van der Waals surface area contributed by atoms with Gasteiger partial charge in [-0.2, -0.15) is 4.39 Å². The summed E-state index contributed by atoms with van der Waals surface area (Å²) in [6.07, 6.45) is 6.03. The van der Waals surface area contributed by atoms with Gasteiger partial charge in [0.2, 0.25) is 17.6 Å². The molecule has 0 bridgehead atoms. The van der Waals surface area contributed by atoms with E-state index in [-0.39, 0.29) is 62.1 Å². The number of aliphatic carboxylic acids is 1. The lowest BCUT2D eigenvalue weighted by atomic mass is 10.1. The highest BCUT2D eigenvalue weighted by Crippen LogP contribution is 2.32. The molecule has 0 saturated carbocycles. The molecule has 1 aliphatic rings. The number of ether oxygens (including phenoxy) is 1. The third-order valence-corrected chi connectivity index (χ3v) is 9.18. The fourth-order valence-electron chi connectivity index (χ4n) is 6.14. The van der Waals surface area contributed by atoms with Gasteiger partial charge in [0.1, 0.15) is 6.04 Å². The molecule has 0 spiro atoms. The molecule has 2 unspecified atom stereocenters. The number of methoxy groups -OCH3 is 1. The average molecular weight is 736 g/mol. The van der Waals surface area contributed by atoms with Gasteiger partial charge in [-0.25, -0.2) is 19.2 Å². The van der Waals surface area contributed by atoms with Crippen molar-refractivity contribution in [2.75, 3.05) is 45.2 Å². The minimum atomic E-state index is -1.26. The lowest BCUT2D eigenvalue weighted by molar-refractivity contribution is -0.142. The first-order valence-electron chi connectivity index (χ1n) is 17.2. The number of aryl methyl sites for hydroxylation is 1. The van der Waals surface area contributed by atoms with Crippen LogP contribution in [0.3, 0.4) is 0 Å². The van der Waals surface area contributed by atoms with Crippen LogP contribution >= 0.6 is 0 Å². The Morgan fingerprint density at radius 1 is 1.00 bits per heavy atom. The molecule has 1 fully saturated rings. The smallest absolute Gasteiger partial charge is 0.326 e. The van der Waals surface area contributed by atoms with E-state index in [4.69, 9.17) is 16.2 Å². The maximum Gasteiger partial charge on any atom is 0.326 e. The third-order valence-electron chi connectivity index (χ3n) is 9.18. The summed E-state index contributed by atoms with van der Waals surface area (Å²) in [6, 6.07) is 5.82. The molecular formula is C36H43F2N9O6. The minimum Gasteiger partial charge on any atom is -0.494 e. The van der Waals surface area contributed by atoms with Gasteiger partial charge >= 0.3 is 5.97 Å². The maximum atomic E-state index is 14.9. The van der Waals surface area contributed by atoms with Crippen molar-refractivity contribution >= 4 is 40.8 Å². The first kappa shape index (κ1) is 38.5. The van der Waals surface area contributed by atoms with Crippen molar-refractivity contribution in [3.63, 3.8) is 0 Å². The van der Waals surface area contributed by atoms with Gasteiger partial charge in [-0.3, -0.25) is 18.8 Å². The molecule has 4 aromatic rings. The molecule has 2 aromatic heterocycles. The fourth-order valence-corrected chi connectivity index (χ4v) is 6.14. The maximum absolute atomic E-state index is 14.9. The van der Waals surface area contributed by atoms with Gasteiger partial charge in [-0.15, -0.1) is 0 Å². The van der Waals surface area contributed by atoms with Crippen molar-refractivity contribution in [1.82, 2.24) is 29.5 Å². The number of nitrogens with one attached hydrogen (secondary N) is 2. The number of anilines is 2. The van der Waals surface area contributed by atoms with Crippen molar-refractivity contribution in [2.24, 2.45) is 11.5 Å². The number of hydrogen-bond acceptors (Lipinski definition) is 10. The van der Waals surface area contributed by atoms with Crippen molar-refractivity contribution in [3.8, 4) is 17.0 Å². The zero-order chi connectivity index (χ0) is 38.2. The molecule has 7 N–H and O–H groups in total. The van der Waals surface area contributed by atoms with Crippen LogP contribution in [-0.4, -0.2) is 105 Å². The Morgan fingerprint density at radius 3 is 2.42 bits per heavy atom. The summed E-state index contributed by atoms with van der Waals surface area (Å²) in [5, 5.41) is 15.2. The number of piperazine rings is 1. The summed E-state index contributed by atoms with van der Waals surface area (Å²) in [6.45, 7) is 3.38. The van der Waals surface area contributed by atoms with Crippen LogP contribution in [0.4, 0.5) is 20.3 Å². The number of benzene rings is 2. The molecule has 2 aromatic carbocycles. The SMILES string of the molecule is COc1ccc(-c2cnc3c(Nc4ccc(C(=O)N5CCN(C(=O)CCC(NC(=O)C(N)CCCCN)C(=O)O)CC5)c(C)c4)nccn23)c(F)c1F. The summed E-state index contributed by atoms with van der Waals surface area (Å²) < 4.78 is 35.8. The zero-order valence-electron chi connectivity index (χ0n) is 29.5. The van der Waals surface area contributed by atoms with Gasteiger partial charge in [-0.05, 0) is 68.6 Å². The monoisotopic (exact) mass is 735 g/mol. The van der Waals surface area contributed by atoms with Crippen LogP contribution in [-0.2, 0) is 14.4 Å². The Balaban J connectivity index is 1.16. The highest BCUT2D eigenvalue weighted by atomic mass is 19.2. The normalized spacial score (nSPS) is 14.2. The van der Waals surface area contributed by atoms with E-state index in [9.17, 15) is 33.1 Å².